The lowest BCUT2D eigenvalue weighted by Gasteiger charge is -2.17. The van der Waals surface area contributed by atoms with E-state index >= 15 is 0 Å². The van der Waals surface area contributed by atoms with Gasteiger partial charge in [-0.25, -0.2) is 0 Å². The Morgan fingerprint density at radius 3 is 2.87 bits per heavy atom. The second kappa shape index (κ2) is 9.03. The minimum Gasteiger partial charge on any atom is -0.496 e. The zero-order chi connectivity index (χ0) is 22.0. The van der Waals surface area contributed by atoms with Gasteiger partial charge in [0.1, 0.15) is 10.8 Å². The fourth-order valence-electron chi connectivity index (χ4n) is 3.48. The molecule has 2 amide bonds. The van der Waals surface area contributed by atoms with Gasteiger partial charge in [0.15, 0.2) is 0 Å². The molecule has 1 aromatic heterocycles. The number of para-hydroxylation sites is 1. The van der Waals surface area contributed by atoms with Crippen molar-refractivity contribution in [2.75, 3.05) is 23.9 Å². The summed E-state index contributed by atoms with van der Waals surface area (Å²) >= 11 is 7.50. The van der Waals surface area contributed by atoms with Crippen molar-refractivity contribution in [2.24, 2.45) is 5.92 Å². The highest BCUT2D eigenvalue weighted by Gasteiger charge is 2.35. The molecule has 0 aliphatic carbocycles. The molecule has 1 unspecified atom stereocenters. The Morgan fingerprint density at radius 1 is 1.29 bits per heavy atom. The number of methoxy groups -OCH3 is 1. The molecular formula is C22H21ClN4O3S. The molecule has 2 heterocycles. The van der Waals surface area contributed by atoms with E-state index in [9.17, 15) is 9.59 Å². The van der Waals surface area contributed by atoms with E-state index in [1.54, 1.807) is 18.1 Å². The van der Waals surface area contributed by atoms with Crippen molar-refractivity contribution < 1.29 is 14.3 Å². The molecule has 1 saturated heterocycles. The van der Waals surface area contributed by atoms with Crippen LogP contribution in [0.5, 0.6) is 5.75 Å². The Labute approximate surface area is 189 Å². The maximum absolute atomic E-state index is 12.7. The van der Waals surface area contributed by atoms with Crippen molar-refractivity contribution in [2.45, 2.75) is 19.8 Å². The number of hydrogen-bond acceptors (Lipinski definition) is 6. The van der Waals surface area contributed by atoms with Gasteiger partial charge in [0.05, 0.1) is 13.0 Å². The third-order valence-corrected chi connectivity index (χ3v) is 6.44. The standard InChI is InChI=1S/C22H21ClN4O3S/c1-13-7-8-16(11-17(13)23)27-12-15(10-20(27)28)21(29)24-22-26-25-19(31-22)9-14-5-3-4-6-18(14)30-2/h3-8,11,15H,9-10,12H2,1-2H3,(H,24,26,29). The fourth-order valence-corrected chi connectivity index (χ4v) is 4.42. The predicted molar refractivity (Wildman–Crippen MR) is 121 cm³/mol. The molecule has 0 saturated carbocycles. The Kier molecular flexibility index (Phi) is 6.20. The summed E-state index contributed by atoms with van der Waals surface area (Å²) in [4.78, 5) is 26.8. The zero-order valence-electron chi connectivity index (χ0n) is 17.1. The topological polar surface area (TPSA) is 84.4 Å². The van der Waals surface area contributed by atoms with Gasteiger partial charge >= 0.3 is 0 Å². The first-order valence-corrected chi connectivity index (χ1v) is 11.0. The summed E-state index contributed by atoms with van der Waals surface area (Å²) in [6.07, 6.45) is 0.700. The van der Waals surface area contributed by atoms with Crippen molar-refractivity contribution in [1.82, 2.24) is 10.2 Å². The molecule has 1 atom stereocenters. The molecule has 0 radical (unpaired) electrons. The second-order valence-electron chi connectivity index (χ2n) is 7.32. The molecule has 1 aliphatic heterocycles. The molecule has 31 heavy (non-hydrogen) atoms. The summed E-state index contributed by atoms with van der Waals surface area (Å²) < 4.78 is 5.37. The van der Waals surface area contributed by atoms with E-state index in [2.05, 4.69) is 15.5 Å². The smallest absolute Gasteiger partial charge is 0.231 e. The van der Waals surface area contributed by atoms with Gasteiger partial charge in [0.2, 0.25) is 16.9 Å². The van der Waals surface area contributed by atoms with Crippen molar-refractivity contribution in [3.8, 4) is 5.75 Å². The number of carbonyl (C=O) groups excluding carboxylic acids is 2. The van der Waals surface area contributed by atoms with E-state index in [0.717, 1.165) is 21.9 Å². The van der Waals surface area contributed by atoms with E-state index in [1.807, 2.05) is 43.3 Å². The number of nitrogens with zero attached hydrogens (tertiary/aromatic N) is 3. The zero-order valence-corrected chi connectivity index (χ0v) is 18.7. The molecule has 0 bridgehead atoms. The summed E-state index contributed by atoms with van der Waals surface area (Å²) in [6, 6.07) is 13.2. The van der Waals surface area contributed by atoms with Gasteiger partial charge in [-0.2, -0.15) is 0 Å². The lowest BCUT2D eigenvalue weighted by atomic mass is 10.1. The van der Waals surface area contributed by atoms with Crippen LogP contribution in [0.15, 0.2) is 42.5 Å². The van der Waals surface area contributed by atoms with E-state index in [-0.39, 0.29) is 18.2 Å². The number of anilines is 2. The van der Waals surface area contributed by atoms with Gasteiger partial charge in [-0.15, -0.1) is 10.2 Å². The number of rotatable bonds is 6. The van der Waals surface area contributed by atoms with Gasteiger partial charge < -0.3 is 15.0 Å². The van der Waals surface area contributed by atoms with Crippen LogP contribution in [0.25, 0.3) is 0 Å². The van der Waals surface area contributed by atoms with Crippen LogP contribution in [-0.4, -0.2) is 35.7 Å². The summed E-state index contributed by atoms with van der Waals surface area (Å²) in [6.45, 7) is 2.20. The first-order chi connectivity index (χ1) is 14.9. The molecule has 0 spiro atoms. The lowest BCUT2D eigenvalue weighted by molar-refractivity contribution is -0.122. The first-order valence-electron chi connectivity index (χ1n) is 9.76. The fraction of sp³-hybridized carbons (Fsp3) is 0.273. The van der Waals surface area contributed by atoms with Gasteiger partial charge in [-0.05, 0) is 30.7 Å². The molecule has 1 fully saturated rings. The first kappa shape index (κ1) is 21.3. The van der Waals surface area contributed by atoms with Gasteiger partial charge in [0.25, 0.3) is 0 Å². The Balaban J connectivity index is 1.40. The molecular weight excluding hydrogens is 436 g/mol. The largest absolute Gasteiger partial charge is 0.496 e. The summed E-state index contributed by atoms with van der Waals surface area (Å²) in [5.41, 5.74) is 2.63. The van der Waals surface area contributed by atoms with Crippen LogP contribution in [0, 0.1) is 12.8 Å². The number of nitrogens with one attached hydrogen (secondary N) is 1. The number of ether oxygens (including phenoxy) is 1. The summed E-state index contributed by atoms with van der Waals surface area (Å²) in [5.74, 6) is -0.0264. The van der Waals surface area contributed by atoms with Crippen LogP contribution >= 0.6 is 22.9 Å². The molecule has 160 valence electrons. The third kappa shape index (κ3) is 4.70. The average Bonchev–Trinajstić information content (AvgIpc) is 3.36. The quantitative estimate of drug-likeness (QED) is 0.603. The van der Waals surface area contributed by atoms with E-state index in [4.69, 9.17) is 16.3 Å². The number of aryl methyl sites for hydroxylation is 1. The molecule has 1 N–H and O–H groups in total. The number of amides is 2. The van der Waals surface area contributed by atoms with E-state index in [0.29, 0.717) is 28.8 Å². The molecule has 2 aromatic carbocycles. The van der Waals surface area contributed by atoms with Crippen molar-refractivity contribution in [1.29, 1.82) is 0 Å². The van der Waals surface area contributed by atoms with E-state index in [1.165, 1.54) is 11.3 Å². The number of benzene rings is 2. The third-order valence-electron chi connectivity index (χ3n) is 5.19. The lowest BCUT2D eigenvalue weighted by Crippen LogP contribution is -2.28. The Morgan fingerprint density at radius 2 is 2.10 bits per heavy atom. The molecule has 7 nitrogen and oxygen atoms in total. The highest BCUT2D eigenvalue weighted by molar-refractivity contribution is 7.15. The molecule has 9 heteroatoms. The van der Waals surface area contributed by atoms with Gasteiger partial charge in [-0.3, -0.25) is 9.59 Å². The van der Waals surface area contributed by atoms with Crippen LogP contribution in [0.4, 0.5) is 10.8 Å². The summed E-state index contributed by atoms with van der Waals surface area (Å²) in [7, 11) is 1.63. The monoisotopic (exact) mass is 456 g/mol. The van der Waals surface area contributed by atoms with Crippen molar-refractivity contribution in [3.05, 3.63) is 63.6 Å². The molecule has 1 aliphatic rings. The highest BCUT2D eigenvalue weighted by Crippen LogP contribution is 2.30. The van der Waals surface area contributed by atoms with Crippen LogP contribution in [0.3, 0.4) is 0 Å². The molecule has 4 rings (SSSR count). The van der Waals surface area contributed by atoms with Crippen LogP contribution < -0.4 is 15.0 Å². The molecule has 3 aromatic rings. The SMILES string of the molecule is COc1ccccc1Cc1nnc(NC(=O)C2CC(=O)N(c3ccc(C)c(Cl)c3)C2)s1. The van der Waals surface area contributed by atoms with Gasteiger partial charge in [-0.1, -0.05) is 47.2 Å². The van der Waals surface area contributed by atoms with Crippen LogP contribution in [-0.2, 0) is 16.0 Å². The minimum atomic E-state index is -0.464. The average molecular weight is 457 g/mol. The maximum atomic E-state index is 12.7. The number of halogens is 1. The maximum Gasteiger partial charge on any atom is 0.231 e. The number of aromatic nitrogens is 2. The minimum absolute atomic E-state index is 0.103. The number of carbonyl (C=O) groups is 2. The Bertz CT molecular complexity index is 1130. The highest BCUT2D eigenvalue weighted by atomic mass is 35.5. The Hall–Kier alpha value is -2.97. The number of hydrogen-bond donors (Lipinski definition) is 1. The second-order valence-corrected chi connectivity index (χ2v) is 8.79. The van der Waals surface area contributed by atoms with Gasteiger partial charge in [0, 0.05) is 35.7 Å². The van der Waals surface area contributed by atoms with Crippen LogP contribution in [0.2, 0.25) is 5.02 Å². The van der Waals surface area contributed by atoms with Crippen molar-refractivity contribution >= 4 is 45.6 Å². The van der Waals surface area contributed by atoms with E-state index < -0.39 is 5.92 Å². The summed E-state index contributed by atoms with van der Waals surface area (Å²) in [5, 5.41) is 12.8. The predicted octanol–water partition coefficient (Wildman–Crippen LogP) is 4.09. The van der Waals surface area contributed by atoms with Crippen LogP contribution in [0.1, 0.15) is 22.6 Å². The van der Waals surface area contributed by atoms with Crippen molar-refractivity contribution in [3.63, 3.8) is 0 Å². The normalized spacial score (nSPS) is 15.9.